The zero-order valence-corrected chi connectivity index (χ0v) is 14.3. The van der Waals surface area contributed by atoms with Gasteiger partial charge in [0.15, 0.2) is 0 Å². The van der Waals surface area contributed by atoms with E-state index >= 15 is 0 Å². The summed E-state index contributed by atoms with van der Waals surface area (Å²) in [6, 6.07) is 0. The van der Waals surface area contributed by atoms with E-state index in [9.17, 15) is 0 Å². The molecule has 1 saturated carbocycles. The standard InChI is InChI=1S/C17H34OS/c1-6-7-8-9-10-11-12-19(4,5)18-17-13-15(2)16(3)14-17/h6,15-17H,1,7-14H2,2-5H3. The summed E-state index contributed by atoms with van der Waals surface area (Å²) >= 11 is 0. The van der Waals surface area contributed by atoms with Crippen LogP contribution in [0.4, 0.5) is 0 Å². The van der Waals surface area contributed by atoms with E-state index in [0.717, 1.165) is 11.8 Å². The normalized spacial score (nSPS) is 28.5. The molecule has 19 heavy (non-hydrogen) atoms. The highest BCUT2D eigenvalue weighted by Gasteiger charge is 2.31. The molecular weight excluding hydrogens is 252 g/mol. The summed E-state index contributed by atoms with van der Waals surface area (Å²) in [4.78, 5) is 0. The van der Waals surface area contributed by atoms with Gasteiger partial charge in [0, 0.05) is 0 Å². The van der Waals surface area contributed by atoms with Crippen LogP contribution in [0.1, 0.15) is 58.8 Å². The van der Waals surface area contributed by atoms with Crippen molar-refractivity contribution in [2.24, 2.45) is 11.8 Å². The summed E-state index contributed by atoms with van der Waals surface area (Å²) in [5.41, 5.74) is 0. The molecule has 1 aliphatic carbocycles. The molecule has 0 N–H and O–H groups in total. The molecule has 0 spiro atoms. The lowest BCUT2D eigenvalue weighted by Crippen LogP contribution is -2.15. The summed E-state index contributed by atoms with van der Waals surface area (Å²) in [5.74, 6) is 2.97. The number of hydrogen-bond donors (Lipinski definition) is 0. The van der Waals surface area contributed by atoms with Crippen molar-refractivity contribution in [1.29, 1.82) is 0 Å². The van der Waals surface area contributed by atoms with Gasteiger partial charge in [-0.05, 0) is 62.2 Å². The Balaban J connectivity index is 2.15. The molecule has 0 amide bonds. The van der Waals surface area contributed by atoms with Crippen molar-refractivity contribution < 1.29 is 4.18 Å². The molecule has 0 aromatic rings. The second-order valence-electron chi connectivity index (χ2n) is 6.78. The molecule has 2 unspecified atom stereocenters. The highest BCUT2D eigenvalue weighted by Crippen LogP contribution is 2.47. The van der Waals surface area contributed by atoms with Crippen molar-refractivity contribution in [3.05, 3.63) is 12.7 Å². The average Bonchev–Trinajstić information content (AvgIpc) is 2.62. The first-order valence-electron chi connectivity index (χ1n) is 7.95. The number of rotatable bonds is 9. The Morgan fingerprint density at radius 2 is 1.63 bits per heavy atom. The molecule has 1 rings (SSSR count). The molecular formula is C17H34OS. The smallest absolute Gasteiger partial charge is 0.0706 e. The third kappa shape index (κ3) is 6.85. The first kappa shape index (κ1) is 17.1. The molecule has 0 aromatic heterocycles. The van der Waals surface area contributed by atoms with Crippen molar-refractivity contribution in [3.8, 4) is 0 Å². The lowest BCUT2D eigenvalue weighted by atomic mass is 10.0. The molecule has 1 nitrogen and oxygen atoms in total. The maximum atomic E-state index is 6.43. The summed E-state index contributed by atoms with van der Waals surface area (Å²) in [7, 11) is -0.825. The first-order chi connectivity index (χ1) is 8.94. The van der Waals surface area contributed by atoms with Crippen LogP contribution in [0.3, 0.4) is 0 Å². The molecule has 0 radical (unpaired) electrons. The van der Waals surface area contributed by atoms with E-state index in [1.165, 1.54) is 50.7 Å². The summed E-state index contributed by atoms with van der Waals surface area (Å²) in [6.07, 6.45) is 16.3. The van der Waals surface area contributed by atoms with Crippen molar-refractivity contribution in [1.82, 2.24) is 0 Å². The van der Waals surface area contributed by atoms with Gasteiger partial charge in [0.05, 0.1) is 6.10 Å². The van der Waals surface area contributed by atoms with E-state index in [1.807, 2.05) is 6.08 Å². The number of hydrogen-bond acceptors (Lipinski definition) is 1. The lowest BCUT2D eigenvalue weighted by Gasteiger charge is -2.34. The summed E-state index contributed by atoms with van der Waals surface area (Å²) < 4.78 is 6.43. The molecule has 0 bridgehead atoms. The van der Waals surface area contributed by atoms with E-state index in [1.54, 1.807) is 0 Å². The Bertz CT molecular complexity index is 252. The van der Waals surface area contributed by atoms with Gasteiger partial charge in [0.25, 0.3) is 0 Å². The Morgan fingerprint density at radius 3 is 2.21 bits per heavy atom. The van der Waals surface area contributed by atoms with Crippen molar-refractivity contribution in [2.45, 2.75) is 64.9 Å². The van der Waals surface area contributed by atoms with Gasteiger partial charge in [0.1, 0.15) is 0 Å². The van der Waals surface area contributed by atoms with Crippen LogP contribution in [-0.4, -0.2) is 24.4 Å². The summed E-state index contributed by atoms with van der Waals surface area (Å²) in [6.45, 7) is 8.51. The fourth-order valence-corrected chi connectivity index (χ4v) is 4.87. The zero-order valence-electron chi connectivity index (χ0n) is 13.5. The van der Waals surface area contributed by atoms with Crippen LogP contribution >= 0.6 is 10.3 Å². The van der Waals surface area contributed by atoms with Crippen molar-refractivity contribution in [3.63, 3.8) is 0 Å². The maximum Gasteiger partial charge on any atom is 0.0706 e. The van der Waals surface area contributed by atoms with Crippen molar-refractivity contribution >= 4 is 10.3 Å². The predicted molar refractivity (Wildman–Crippen MR) is 90.0 cm³/mol. The molecule has 0 saturated heterocycles. The van der Waals surface area contributed by atoms with Crippen LogP contribution in [0.15, 0.2) is 12.7 Å². The van der Waals surface area contributed by atoms with E-state index in [0.29, 0.717) is 6.10 Å². The topological polar surface area (TPSA) is 9.23 Å². The number of unbranched alkanes of at least 4 members (excludes halogenated alkanes) is 4. The molecule has 0 heterocycles. The van der Waals surface area contributed by atoms with Crippen LogP contribution in [-0.2, 0) is 4.18 Å². The van der Waals surface area contributed by atoms with Gasteiger partial charge >= 0.3 is 0 Å². The minimum atomic E-state index is -0.825. The van der Waals surface area contributed by atoms with Crippen LogP contribution in [0.25, 0.3) is 0 Å². The monoisotopic (exact) mass is 286 g/mol. The fraction of sp³-hybridized carbons (Fsp3) is 0.882. The fourth-order valence-electron chi connectivity index (χ4n) is 2.98. The number of allylic oxidation sites excluding steroid dienone is 1. The zero-order chi connectivity index (χ0) is 14.3. The molecule has 2 heteroatoms. The quantitative estimate of drug-likeness (QED) is 0.398. The third-order valence-electron chi connectivity index (χ3n) is 4.43. The average molecular weight is 287 g/mol. The van der Waals surface area contributed by atoms with Crippen LogP contribution in [0.5, 0.6) is 0 Å². The van der Waals surface area contributed by atoms with Gasteiger partial charge in [-0.3, -0.25) is 0 Å². The molecule has 1 fully saturated rings. The highest BCUT2D eigenvalue weighted by molar-refractivity contribution is 8.28. The van der Waals surface area contributed by atoms with E-state index < -0.39 is 10.3 Å². The van der Waals surface area contributed by atoms with Gasteiger partial charge in [0.2, 0.25) is 0 Å². The Labute approximate surface area is 122 Å². The van der Waals surface area contributed by atoms with E-state index in [4.69, 9.17) is 4.18 Å². The van der Waals surface area contributed by atoms with E-state index in [2.05, 4.69) is 32.9 Å². The van der Waals surface area contributed by atoms with Gasteiger partial charge < -0.3 is 4.18 Å². The van der Waals surface area contributed by atoms with Gasteiger partial charge in [-0.2, -0.15) is 0 Å². The molecule has 0 aromatic carbocycles. The van der Waals surface area contributed by atoms with Crippen LogP contribution in [0, 0.1) is 11.8 Å². The Kier molecular flexibility index (Phi) is 7.53. The first-order valence-corrected chi connectivity index (χ1v) is 10.5. The second kappa shape index (κ2) is 8.36. The minimum Gasteiger partial charge on any atom is -0.334 e. The lowest BCUT2D eigenvalue weighted by molar-refractivity contribution is 0.232. The molecule has 114 valence electrons. The molecule has 2 atom stereocenters. The van der Waals surface area contributed by atoms with Crippen LogP contribution in [0.2, 0.25) is 0 Å². The minimum absolute atomic E-state index is 0.538. The van der Waals surface area contributed by atoms with Gasteiger partial charge in [-0.15, -0.1) is 16.9 Å². The largest absolute Gasteiger partial charge is 0.334 e. The molecule has 0 aliphatic heterocycles. The van der Waals surface area contributed by atoms with Crippen LogP contribution < -0.4 is 0 Å². The maximum absolute atomic E-state index is 6.43. The summed E-state index contributed by atoms with van der Waals surface area (Å²) in [5, 5.41) is 0. The SMILES string of the molecule is C=CCCCCCCS(C)(C)OC1CC(C)C(C)C1. The molecule has 1 aliphatic rings. The Morgan fingerprint density at radius 1 is 1.05 bits per heavy atom. The van der Waals surface area contributed by atoms with Gasteiger partial charge in [-0.1, -0.05) is 32.8 Å². The predicted octanol–water partition coefficient (Wildman–Crippen LogP) is 5.55. The highest BCUT2D eigenvalue weighted by atomic mass is 32.3. The third-order valence-corrected chi connectivity index (χ3v) is 6.50. The van der Waals surface area contributed by atoms with Gasteiger partial charge in [-0.25, -0.2) is 0 Å². The second-order valence-corrected chi connectivity index (χ2v) is 10.3. The van der Waals surface area contributed by atoms with Crippen molar-refractivity contribution in [2.75, 3.05) is 18.3 Å². The van der Waals surface area contributed by atoms with E-state index in [-0.39, 0.29) is 0 Å². The Hall–Kier alpha value is 0.0500.